The lowest BCUT2D eigenvalue weighted by atomic mass is 10.1. The van der Waals surface area contributed by atoms with Crippen LogP contribution in [0.15, 0.2) is 30.3 Å². The Labute approximate surface area is 92.9 Å². The summed E-state index contributed by atoms with van der Waals surface area (Å²) >= 11 is 0. The molecule has 1 atom stereocenters. The van der Waals surface area contributed by atoms with Crippen LogP contribution in [0.4, 0.5) is 0 Å². The number of amides is 1. The Kier molecular flexibility index (Phi) is 4.02. The first-order valence-corrected chi connectivity index (χ1v) is 4.72. The number of carbonyl (C=O) groups excluding carboxylic acids is 1. The number of aliphatic hydroxyl groups excluding tert-OH is 1. The normalized spacial score (nSPS) is 11.9. The lowest BCUT2D eigenvalue weighted by Gasteiger charge is -2.18. The Bertz CT molecular complexity index is 377. The number of carbonyl (C=O) groups is 2. The molecule has 0 spiro atoms. The van der Waals surface area contributed by atoms with Crippen LogP contribution in [0.3, 0.4) is 0 Å². The molecule has 1 aromatic rings. The van der Waals surface area contributed by atoms with Crippen LogP contribution in [0.1, 0.15) is 11.7 Å². The number of carboxylic acids is 1. The average molecular weight is 223 g/mol. The zero-order valence-corrected chi connectivity index (χ0v) is 8.83. The zero-order valence-electron chi connectivity index (χ0n) is 8.83. The minimum atomic E-state index is -1.31. The van der Waals surface area contributed by atoms with E-state index in [-0.39, 0.29) is 0 Å². The molecule has 0 saturated heterocycles. The maximum Gasteiger partial charge on any atom is 0.323 e. The van der Waals surface area contributed by atoms with Gasteiger partial charge >= 0.3 is 5.97 Å². The summed E-state index contributed by atoms with van der Waals surface area (Å²) in [5.74, 6) is -1.75. The molecule has 0 bridgehead atoms. The van der Waals surface area contributed by atoms with Crippen LogP contribution in [0.25, 0.3) is 0 Å². The average Bonchev–Trinajstić information content (AvgIpc) is 2.27. The number of hydrogen-bond donors (Lipinski definition) is 2. The Morgan fingerprint density at radius 1 is 1.31 bits per heavy atom. The summed E-state index contributed by atoms with van der Waals surface area (Å²) in [6.45, 7) is -0.428. The zero-order chi connectivity index (χ0) is 12.1. The van der Waals surface area contributed by atoms with Gasteiger partial charge in [-0.3, -0.25) is 9.59 Å². The van der Waals surface area contributed by atoms with Crippen molar-refractivity contribution in [1.29, 1.82) is 0 Å². The van der Waals surface area contributed by atoms with Crippen LogP contribution in [-0.4, -0.2) is 40.6 Å². The molecule has 1 amide bonds. The molecule has 16 heavy (non-hydrogen) atoms. The number of likely N-dealkylation sites (N-methyl/N-ethyl adjacent to an activating group) is 1. The highest BCUT2D eigenvalue weighted by Gasteiger charge is 2.22. The minimum absolute atomic E-state index is 0.428. The van der Waals surface area contributed by atoms with Crippen LogP contribution in [0.5, 0.6) is 0 Å². The fourth-order valence-corrected chi connectivity index (χ4v) is 1.27. The summed E-state index contributed by atoms with van der Waals surface area (Å²) < 4.78 is 0. The predicted octanol–water partition coefficient (Wildman–Crippen LogP) is 0.263. The van der Waals surface area contributed by atoms with E-state index < -0.39 is 24.5 Å². The molecule has 0 fully saturated rings. The quantitative estimate of drug-likeness (QED) is 0.767. The third-order valence-electron chi connectivity index (χ3n) is 2.10. The van der Waals surface area contributed by atoms with E-state index in [2.05, 4.69) is 0 Å². The van der Waals surface area contributed by atoms with Crippen molar-refractivity contribution in [3.8, 4) is 0 Å². The number of aliphatic hydroxyl groups is 1. The first-order valence-electron chi connectivity index (χ1n) is 4.72. The molecule has 0 heterocycles. The third-order valence-corrected chi connectivity index (χ3v) is 2.10. The van der Waals surface area contributed by atoms with Gasteiger partial charge in [0, 0.05) is 7.05 Å². The van der Waals surface area contributed by atoms with Crippen LogP contribution in [0, 0.1) is 0 Å². The van der Waals surface area contributed by atoms with E-state index in [1.165, 1.54) is 7.05 Å². The first-order chi connectivity index (χ1) is 7.52. The summed E-state index contributed by atoms with van der Waals surface area (Å²) in [6, 6.07) is 8.38. The molecule has 5 nitrogen and oxygen atoms in total. The van der Waals surface area contributed by atoms with Gasteiger partial charge in [0.1, 0.15) is 6.54 Å². The van der Waals surface area contributed by atoms with E-state index >= 15 is 0 Å². The number of rotatable bonds is 4. The van der Waals surface area contributed by atoms with E-state index in [4.69, 9.17) is 5.11 Å². The molecule has 0 aromatic heterocycles. The van der Waals surface area contributed by atoms with Gasteiger partial charge in [0.2, 0.25) is 0 Å². The third kappa shape index (κ3) is 3.06. The van der Waals surface area contributed by atoms with Gasteiger partial charge in [0.25, 0.3) is 5.91 Å². The molecule has 0 saturated carbocycles. The maximum atomic E-state index is 11.6. The Morgan fingerprint density at radius 2 is 1.88 bits per heavy atom. The van der Waals surface area contributed by atoms with Crippen LogP contribution in [0.2, 0.25) is 0 Å². The highest BCUT2D eigenvalue weighted by atomic mass is 16.4. The summed E-state index contributed by atoms with van der Waals surface area (Å²) in [4.78, 5) is 23.0. The summed E-state index contributed by atoms with van der Waals surface area (Å²) in [6.07, 6.45) is -1.31. The van der Waals surface area contributed by atoms with Gasteiger partial charge in [-0.1, -0.05) is 30.3 Å². The van der Waals surface area contributed by atoms with Crippen molar-refractivity contribution in [3.05, 3.63) is 35.9 Å². The molecule has 0 radical (unpaired) electrons. The topological polar surface area (TPSA) is 77.8 Å². The Hall–Kier alpha value is -1.88. The van der Waals surface area contributed by atoms with Crippen LogP contribution < -0.4 is 0 Å². The number of aliphatic carboxylic acids is 1. The van der Waals surface area contributed by atoms with Crippen LogP contribution in [-0.2, 0) is 9.59 Å². The molecule has 86 valence electrons. The molecule has 0 aliphatic heterocycles. The molecule has 1 unspecified atom stereocenters. The fraction of sp³-hybridized carbons (Fsp3) is 0.273. The molecule has 2 N–H and O–H groups in total. The van der Waals surface area contributed by atoms with Crippen molar-refractivity contribution in [2.45, 2.75) is 6.10 Å². The first kappa shape index (κ1) is 12.2. The molecule has 5 heteroatoms. The van der Waals surface area contributed by atoms with Gasteiger partial charge in [-0.05, 0) is 5.56 Å². The predicted molar refractivity (Wildman–Crippen MR) is 56.7 cm³/mol. The SMILES string of the molecule is CN(CC(=O)O)C(=O)C(O)c1ccccc1. The lowest BCUT2D eigenvalue weighted by molar-refractivity contribution is -0.147. The smallest absolute Gasteiger partial charge is 0.323 e. The number of carboxylic acid groups (broad SMARTS) is 1. The van der Waals surface area contributed by atoms with Gasteiger partial charge in [0.05, 0.1) is 0 Å². The van der Waals surface area contributed by atoms with Crippen LogP contribution >= 0.6 is 0 Å². The van der Waals surface area contributed by atoms with Crippen molar-refractivity contribution in [2.75, 3.05) is 13.6 Å². The Balaban J connectivity index is 2.71. The minimum Gasteiger partial charge on any atom is -0.480 e. The van der Waals surface area contributed by atoms with Gasteiger partial charge in [-0.25, -0.2) is 0 Å². The van der Waals surface area contributed by atoms with Gasteiger partial charge in [-0.2, -0.15) is 0 Å². The number of hydrogen-bond acceptors (Lipinski definition) is 3. The van der Waals surface area contributed by atoms with Crippen molar-refractivity contribution >= 4 is 11.9 Å². The monoisotopic (exact) mass is 223 g/mol. The van der Waals surface area contributed by atoms with E-state index in [1.54, 1.807) is 30.3 Å². The molecule has 0 aliphatic rings. The summed E-state index contributed by atoms with van der Waals surface area (Å²) in [5.41, 5.74) is 0.449. The molecule has 0 aliphatic carbocycles. The lowest BCUT2D eigenvalue weighted by Crippen LogP contribution is -2.35. The second-order valence-electron chi connectivity index (χ2n) is 3.40. The largest absolute Gasteiger partial charge is 0.480 e. The molecule has 1 aromatic carbocycles. The molecule has 1 rings (SSSR count). The second-order valence-corrected chi connectivity index (χ2v) is 3.40. The standard InChI is InChI=1S/C11H13NO4/c1-12(7-9(13)14)11(16)10(15)8-5-3-2-4-6-8/h2-6,10,15H,7H2,1H3,(H,13,14). The van der Waals surface area contributed by atoms with Crippen molar-refractivity contribution in [2.24, 2.45) is 0 Å². The van der Waals surface area contributed by atoms with E-state index in [1.807, 2.05) is 0 Å². The van der Waals surface area contributed by atoms with Crippen molar-refractivity contribution < 1.29 is 19.8 Å². The van der Waals surface area contributed by atoms with E-state index in [0.717, 1.165) is 4.90 Å². The summed E-state index contributed by atoms with van der Waals surface area (Å²) in [7, 11) is 1.34. The van der Waals surface area contributed by atoms with E-state index in [0.29, 0.717) is 5.56 Å². The van der Waals surface area contributed by atoms with Crippen molar-refractivity contribution in [1.82, 2.24) is 4.90 Å². The van der Waals surface area contributed by atoms with Gasteiger partial charge in [-0.15, -0.1) is 0 Å². The van der Waals surface area contributed by atoms with E-state index in [9.17, 15) is 14.7 Å². The maximum absolute atomic E-state index is 11.6. The molecular formula is C11H13NO4. The second kappa shape index (κ2) is 5.27. The number of nitrogens with zero attached hydrogens (tertiary/aromatic N) is 1. The van der Waals surface area contributed by atoms with Gasteiger partial charge in [0.15, 0.2) is 6.10 Å². The Morgan fingerprint density at radius 3 is 2.38 bits per heavy atom. The van der Waals surface area contributed by atoms with Crippen molar-refractivity contribution in [3.63, 3.8) is 0 Å². The number of benzene rings is 1. The highest BCUT2D eigenvalue weighted by molar-refractivity contribution is 5.85. The fourth-order valence-electron chi connectivity index (χ4n) is 1.27. The summed E-state index contributed by atoms with van der Waals surface area (Å²) in [5, 5.41) is 18.2. The highest BCUT2D eigenvalue weighted by Crippen LogP contribution is 2.14. The molecular weight excluding hydrogens is 210 g/mol. The van der Waals surface area contributed by atoms with Gasteiger partial charge < -0.3 is 15.1 Å².